The molecule has 1 saturated heterocycles. The summed E-state index contributed by atoms with van der Waals surface area (Å²) in [7, 11) is 0. The number of rotatable bonds is 3. The van der Waals surface area contributed by atoms with Gasteiger partial charge in [-0.15, -0.1) is 0 Å². The molecule has 5 nitrogen and oxygen atoms in total. The maximum Gasteiger partial charge on any atom is 0.243 e. The predicted molar refractivity (Wildman–Crippen MR) is 72.9 cm³/mol. The summed E-state index contributed by atoms with van der Waals surface area (Å²) in [6.07, 6.45) is 1.94. The summed E-state index contributed by atoms with van der Waals surface area (Å²) in [6, 6.07) is 1.88. The second kappa shape index (κ2) is 5.13. The Bertz CT molecular complexity index is 531. The van der Waals surface area contributed by atoms with E-state index in [0.717, 1.165) is 24.9 Å². The largest absolute Gasteiger partial charge is 0.306 e. The van der Waals surface area contributed by atoms with E-state index in [2.05, 4.69) is 20.0 Å². The molecule has 0 bridgehead atoms. The standard InChI is InChI=1S/C11H12N4OS2/c16-10(8-2-1-4-12-8)14-11-13-9(15-18-11)7-3-5-17-6-7/h3,5-6,8,12H,1-2,4H2,(H,13,14,15,16). The van der Waals surface area contributed by atoms with Crippen molar-refractivity contribution < 1.29 is 4.79 Å². The molecule has 1 unspecified atom stereocenters. The Kier molecular flexibility index (Phi) is 3.35. The van der Waals surface area contributed by atoms with Crippen LogP contribution >= 0.6 is 22.9 Å². The monoisotopic (exact) mass is 280 g/mol. The van der Waals surface area contributed by atoms with Gasteiger partial charge in [-0.1, -0.05) is 0 Å². The molecule has 2 N–H and O–H groups in total. The van der Waals surface area contributed by atoms with Gasteiger partial charge in [-0.3, -0.25) is 10.1 Å². The van der Waals surface area contributed by atoms with Gasteiger partial charge in [0, 0.05) is 22.5 Å². The van der Waals surface area contributed by atoms with Crippen molar-refractivity contribution in [1.82, 2.24) is 14.7 Å². The van der Waals surface area contributed by atoms with Gasteiger partial charge in [0.15, 0.2) is 5.82 Å². The van der Waals surface area contributed by atoms with Crippen LogP contribution in [0.3, 0.4) is 0 Å². The van der Waals surface area contributed by atoms with Crippen molar-refractivity contribution in [3.63, 3.8) is 0 Å². The number of amides is 1. The van der Waals surface area contributed by atoms with Crippen molar-refractivity contribution in [3.05, 3.63) is 16.8 Å². The molecule has 0 spiro atoms. The summed E-state index contributed by atoms with van der Waals surface area (Å²) in [5.74, 6) is 0.663. The van der Waals surface area contributed by atoms with E-state index in [9.17, 15) is 4.79 Å². The van der Waals surface area contributed by atoms with Crippen LogP contribution in [0, 0.1) is 0 Å². The van der Waals surface area contributed by atoms with Crippen LogP contribution in [0.1, 0.15) is 12.8 Å². The summed E-state index contributed by atoms with van der Waals surface area (Å²) in [5, 5.41) is 10.5. The maximum absolute atomic E-state index is 11.9. The molecular formula is C11H12N4OS2. The third kappa shape index (κ3) is 2.43. The highest BCUT2D eigenvalue weighted by molar-refractivity contribution is 7.10. The molecule has 0 saturated carbocycles. The van der Waals surface area contributed by atoms with Gasteiger partial charge in [0.2, 0.25) is 11.0 Å². The van der Waals surface area contributed by atoms with Gasteiger partial charge in [0.05, 0.1) is 6.04 Å². The average molecular weight is 280 g/mol. The third-order valence-electron chi connectivity index (χ3n) is 2.81. The summed E-state index contributed by atoms with van der Waals surface area (Å²) < 4.78 is 4.24. The van der Waals surface area contributed by atoms with Crippen LogP contribution in [-0.4, -0.2) is 27.9 Å². The molecule has 1 aliphatic rings. The highest BCUT2D eigenvalue weighted by Gasteiger charge is 2.22. The van der Waals surface area contributed by atoms with Crippen molar-refractivity contribution in [1.29, 1.82) is 0 Å². The minimum absolute atomic E-state index is 0.0134. The normalized spacial score (nSPS) is 19.0. The van der Waals surface area contributed by atoms with Crippen molar-refractivity contribution in [2.75, 3.05) is 11.9 Å². The smallest absolute Gasteiger partial charge is 0.243 e. The van der Waals surface area contributed by atoms with Crippen LogP contribution in [0.2, 0.25) is 0 Å². The molecule has 94 valence electrons. The first kappa shape index (κ1) is 11.8. The van der Waals surface area contributed by atoms with Gasteiger partial charge < -0.3 is 5.32 Å². The lowest BCUT2D eigenvalue weighted by Gasteiger charge is -2.07. The van der Waals surface area contributed by atoms with Crippen molar-refractivity contribution in [2.24, 2.45) is 0 Å². The molecule has 1 atom stereocenters. The fourth-order valence-electron chi connectivity index (χ4n) is 1.88. The number of nitrogens with one attached hydrogen (secondary N) is 2. The Morgan fingerprint density at radius 2 is 2.50 bits per heavy atom. The minimum atomic E-state index is -0.0847. The molecule has 18 heavy (non-hydrogen) atoms. The van der Waals surface area contributed by atoms with Gasteiger partial charge in [-0.25, -0.2) is 0 Å². The molecule has 0 radical (unpaired) electrons. The zero-order valence-electron chi connectivity index (χ0n) is 9.55. The van der Waals surface area contributed by atoms with Crippen LogP contribution in [0.25, 0.3) is 11.4 Å². The first-order chi connectivity index (χ1) is 8.83. The number of aromatic nitrogens is 2. The second-order valence-corrected chi connectivity index (χ2v) is 5.61. The predicted octanol–water partition coefficient (Wildman–Crippen LogP) is 1.96. The number of carbonyl (C=O) groups is 1. The van der Waals surface area contributed by atoms with E-state index < -0.39 is 0 Å². The lowest BCUT2D eigenvalue weighted by Crippen LogP contribution is -2.35. The highest BCUT2D eigenvalue weighted by atomic mass is 32.1. The molecule has 0 aromatic carbocycles. The fourth-order valence-corrected chi connectivity index (χ4v) is 3.11. The molecule has 2 aromatic rings. The number of hydrogen-bond donors (Lipinski definition) is 2. The Labute approximate surface area is 112 Å². The molecule has 0 aliphatic carbocycles. The van der Waals surface area contributed by atoms with Gasteiger partial charge in [-0.05, 0) is 30.8 Å². The Hall–Kier alpha value is -1.31. The van der Waals surface area contributed by atoms with E-state index >= 15 is 0 Å². The number of hydrogen-bond acceptors (Lipinski definition) is 6. The lowest BCUT2D eigenvalue weighted by molar-refractivity contribution is -0.117. The first-order valence-electron chi connectivity index (χ1n) is 5.73. The van der Waals surface area contributed by atoms with E-state index in [1.54, 1.807) is 11.3 Å². The quantitative estimate of drug-likeness (QED) is 0.902. The van der Waals surface area contributed by atoms with Crippen LogP contribution in [-0.2, 0) is 4.79 Å². The second-order valence-electron chi connectivity index (χ2n) is 4.07. The zero-order chi connectivity index (χ0) is 12.4. The summed E-state index contributed by atoms with van der Waals surface area (Å²) in [4.78, 5) is 16.2. The highest BCUT2D eigenvalue weighted by Crippen LogP contribution is 2.23. The molecule has 1 fully saturated rings. The molecule has 3 rings (SSSR count). The fraction of sp³-hybridized carbons (Fsp3) is 0.364. The van der Waals surface area contributed by atoms with Crippen molar-refractivity contribution in [2.45, 2.75) is 18.9 Å². The zero-order valence-corrected chi connectivity index (χ0v) is 11.2. The molecule has 1 aliphatic heterocycles. The van der Waals surface area contributed by atoms with Gasteiger partial charge in [0.1, 0.15) is 0 Å². The molecular weight excluding hydrogens is 268 g/mol. The van der Waals surface area contributed by atoms with Gasteiger partial charge in [-0.2, -0.15) is 20.7 Å². The maximum atomic E-state index is 11.9. The summed E-state index contributed by atoms with van der Waals surface area (Å²) >= 11 is 2.82. The SMILES string of the molecule is O=C(Nc1nc(-c2ccsc2)ns1)C1CCCN1. The molecule has 3 heterocycles. The molecule has 1 amide bonds. The summed E-state index contributed by atoms with van der Waals surface area (Å²) in [6.45, 7) is 0.911. The molecule has 7 heteroatoms. The minimum Gasteiger partial charge on any atom is -0.306 e. The van der Waals surface area contributed by atoms with E-state index in [4.69, 9.17) is 0 Å². The van der Waals surface area contributed by atoms with Gasteiger partial charge >= 0.3 is 0 Å². The van der Waals surface area contributed by atoms with Crippen LogP contribution < -0.4 is 10.6 Å². The van der Waals surface area contributed by atoms with Crippen LogP contribution in [0.15, 0.2) is 16.8 Å². The number of anilines is 1. The Morgan fingerprint density at radius 1 is 1.56 bits per heavy atom. The van der Waals surface area contributed by atoms with E-state index in [0.29, 0.717) is 11.0 Å². The lowest BCUT2D eigenvalue weighted by atomic mass is 10.2. The first-order valence-corrected chi connectivity index (χ1v) is 7.45. The number of thiophene rings is 1. The van der Waals surface area contributed by atoms with E-state index in [1.807, 2.05) is 16.8 Å². The number of nitrogens with zero attached hydrogens (tertiary/aromatic N) is 2. The number of carbonyl (C=O) groups excluding carboxylic acids is 1. The summed E-state index contributed by atoms with van der Waals surface area (Å²) in [5.41, 5.74) is 0.996. The average Bonchev–Trinajstić information content (AvgIpc) is 3.12. The van der Waals surface area contributed by atoms with Crippen molar-refractivity contribution in [3.8, 4) is 11.4 Å². The topological polar surface area (TPSA) is 66.9 Å². The molecule has 2 aromatic heterocycles. The Morgan fingerprint density at radius 3 is 3.22 bits per heavy atom. The van der Waals surface area contributed by atoms with Crippen LogP contribution in [0.5, 0.6) is 0 Å². The third-order valence-corrected chi connectivity index (χ3v) is 4.13. The Balaban J connectivity index is 1.68. The van der Waals surface area contributed by atoms with Crippen LogP contribution in [0.4, 0.5) is 5.13 Å². The van der Waals surface area contributed by atoms with E-state index in [-0.39, 0.29) is 11.9 Å². The van der Waals surface area contributed by atoms with Gasteiger partial charge in [0.25, 0.3) is 0 Å². The van der Waals surface area contributed by atoms with Crippen molar-refractivity contribution >= 4 is 33.9 Å². The van der Waals surface area contributed by atoms with E-state index in [1.165, 1.54) is 11.5 Å².